The van der Waals surface area contributed by atoms with E-state index < -0.39 is 0 Å². The molecule has 0 radical (unpaired) electrons. The number of benzene rings is 2. The molecule has 2 aromatic carbocycles. The van der Waals surface area contributed by atoms with Crippen LogP contribution >= 0.6 is 0 Å². The molecule has 31 heavy (non-hydrogen) atoms. The van der Waals surface area contributed by atoms with E-state index in [0.717, 1.165) is 36.2 Å². The van der Waals surface area contributed by atoms with E-state index in [9.17, 15) is 9.59 Å². The lowest BCUT2D eigenvalue weighted by atomic mass is 10.2. The second-order valence-electron chi connectivity index (χ2n) is 7.62. The second kappa shape index (κ2) is 6.66. The maximum atomic E-state index is 13.3. The van der Waals surface area contributed by atoms with Crippen LogP contribution < -0.4 is 10.9 Å². The molecule has 0 saturated carbocycles. The van der Waals surface area contributed by atoms with Crippen molar-refractivity contribution in [2.45, 2.75) is 19.3 Å². The number of aryl methyl sites for hydroxylation is 1. The van der Waals surface area contributed by atoms with E-state index in [2.05, 4.69) is 15.4 Å². The third kappa shape index (κ3) is 2.68. The first-order valence-electron chi connectivity index (χ1n) is 10.2. The number of fused-ring (bicyclic) bond motifs is 4. The van der Waals surface area contributed by atoms with Gasteiger partial charge in [-0.25, -0.2) is 9.20 Å². The Morgan fingerprint density at radius 3 is 2.71 bits per heavy atom. The van der Waals surface area contributed by atoms with Crippen LogP contribution in [-0.2, 0) is 12.8 Å². The molecule has 0 spiro atoms. The summed E-state index contributed by atoms with van der Waals surface area (Å²) >= 11 is 0. The van der Waals surface area contributed by atoms with Crippen molar-refractivity contribution in [3.8, 4) is 5.69 Å². The monoisotopic (exact) mass is 410 g/mol. The Bertz CT molecular complexity index is 1530. The van der Waals surface area contributed by atoms with Gasteiger partial charge in [-0.2, -0.15) is 10.2 Å². The Labute approximate surface area is 176 Å². The van der Waals surface area contributed by atoms with Crippen LogP contribution in [0, 0.1) is 0 Å². The molecule has 3 heterocycles. The molecule has 3 aromatic heterocycles. The summed E-state index contributed by atoms with van der Waals surface area (Å²) in [4.78, 5) is 28.6. The molecule has 2 N–H and O–H groups in total. The molecule has 0 bridgehead atoms. The third-order valence-corrected chi connectivity index (χ3v) is 5.76. The molecule has 1 aliphatic rings. The molecule has 1 amide bonds. The highest BCUT2D eigenvalue weighted by atomic mass is 16.2. The molecule has 0 saturated heterocycles. The van der Waals surface area contributed by atoms with Gasteiger partial charge < -0.3 is 10.3 Å². The van der Waals surface area contributed by atoms with E-state index in [1.807, 2.05) is 42.5 Å². The minimum Gasteiger partial charge on any atom is -0.306 e. The zero-order valence-electron chi connectivity index (χ0n) is 16.5. The van der Waals surface area contributed by atoms with E-state index in [1.165, 1.54) is 6.20 Å². The van der Waals surface area contributed by atoms with Crippen LogP contribution in [-0.4, -0.2) is 30.3 Å². The predicted molar refractivity (Wildman–Crippen MR) is 117 cm³/mol. The number of carbonyl (C=O) groups is 1. The number of hydrogen-bond acceptors (Lipinski definition) is 4. The van der Waals surface area contributed by atoms with E-state index in [0.29, 0.717) is 27.9 Å². The summed E-state index contributed by atoms with van der Waals surface area (Å²) in [5, 5.41) is 12.6. The Morgan fingerprint density at radius 2 is 1.84 bits per heavy atom. The van der Waals surface area contributed by atoms with E-state index in [1.54, 1.807) is 21.3 Å². The number of aromatic amines is 1. The largest absolute Gasteiger partial charge is 0.306 e. The first-order chi connectivity index (χ1) is 15.2. The average molecular weight is 410 g/mol. The zero-order valence-corrected chi connectivity index (χ0v) is 16.5. The molecule has 0 atom stereocenters. The summed E-state index contributed by atoms with van der Waals surface area (Å²) in [7, 11) is 0. The average Bonchev–Trinajstić information content (AvgIpc) is 3.50. The highest BCUT2D eigenvalue weighted by Gasteiger charge is 2.26. The molecule has 8 nitrogen and oxygen atoms in total. The summed E-state index contributed by atoms with van der Waals surface area (Å²) in [6.07, 6.45) is 4.27. The van der Waals surface area contributed by atoms with Crippen LogP contribution in [0.15, 0.2) is 65.6 Å². The minimum atomic E-state index is -0.340. The Balaban J connectivity index is 1.46. The van der Waals surface area contributed by atoms with Crippen LogP contribution in [0.4, 0.5) is 5.82 Å². The number of nitrogens with one attached hydrogen (secondary N) is 2. The van der Waals surface area contributed by atoms with Gasteiger partial charge in [0.15, 0.2) is 0 Å². The maximum Gasteiger partial charge on any atom is 0.262 e. The van der Waals surface area contributed by atoms with Gasteiger partial charge in [-0.3, -0.25) is 9.59 Å². The van der Waals surface area contributed by atoms with Crippen molar-refractivity contribution in [3.63, 3.8) is 0 Å². The number of anilines is 1. The topological polar surface area (TPSA) is 97.1 Å². The Kier molecular flexibility index (Phi) is 3.79. The van der Waals surface area contributed by atoms with Gasteiger partial charge >= 0.3 is 0 Å². The van der Waals surface area contributed by atoms with Gasteiger partial charge in [-0.15, -0.1) is 0 Å². The molecular weight excluding hydrogens is 392 g/mol. The van der Waals surface area contributed by atoms with E-state index in [-0.39, 0.29) is 11.5 Å². The zero-order chi connectivity index (χ0) is 20.9. The molecule has 8 heteroatoms. The lowest BCUT2D eigenvalue weighted by molar-refractivity contribution is 0.102. The van der Waals surface area contributed by atoms with Gasteiger partial charge in [0.2, 0.25) is 0 Å². The molecule has 6 rings (SSSR count). The lowest BCUT2D eigenvalue weighted by Crippen LogP contribution is -2.18. The quantitative estimate of drug-likeness (QED) is 0.478. The van der Waals surface area contributed by atoms with Crippen molar-refractivity contribution in [2.24, 2.45) is 0 Å². The Hall–Kier alpha value is -4.20. The summed E-state index contributed by atoms with van der Waals surface area (Å²) in [5.41, 5.74) is 4.01. The molecule has 0 aliphatic heterocycles. The highest BCUT2D eigenvalue weighted by molar-refractivity contribution is 6.08. The van der Waals surface area contributed by atoms with Crippen molar-refractivity contribution in [1.29, 1.82) is 0 Å². The first-order valence-corrected chi connectivity index (χ1v) is 10.2. The molecule has 5 aromatic rings. The number of nitrogens with zero attached hydrogens (tertiary/aromatic N) is 4. The normalized spacial score (nSPS) is 13.0. The number of para-hydroxylation sites is 2. The number of rotatable bonds is 3. The molecule has 152 valence electrons. The first kappa shape index (κ1) is 17.6. The predicted octanol–water partition coefficient (Wildman–Crippen LogP) is 3.10. The van der Waals surface area contributed by atoms with Crippen LogP contribution in [0.2, 0.25) is 0 Å². The number of H-pyrrole nitrogens is 1. The number of aromatic nitrogens is 5. The van der Waals surface area contributed by atoms with Gasteiger partial charge in [-0.05, 0) is 43.5 Å². The van der Waals surface area contributed by atoms with E-state index >= 15 is 0 Å². The van der Waals surface area contributed by atoms with Crippen molar-refractivity contribution in [3.05, 3.63) is 88.0 Å². The summed E-state index contributed by atoms with van der Waals surface area (Å²) in [5.74, 6) is 0.332. The van der Waals surface area contributed by atoms with E-state index in [4.69, 9.17) is 5.10 Å². The highest BCUT2D eigenvalue weighted by Crippen LogP contribution is 2.31. The maximum absolute atomic E-state index is 13.3. The fraction of sp³-hybridized carbons (Fsp3) is 0.130. The molecular formula is C23H18N6O2. The summed E-state index contributed by atoms with van der Waals surface area (Å²) < 4.78 is 3.37. The fourth-order valence-electron chi connectivity index (χ4n) is 4.29. The number of carbonyl (C=O) groups excluding carboxylic acids is 1. The third-order valence-electron chi connectivity index (χ3n) is 5.76. The SMILES string of the molecule is O=C(Nc1c2c(nn1-c1ccccc1)CCC2)c1cnn2c1[nH]c(=O)c1ccccc12. The van der Waals surface area contributed by atoms with Crippen molar-refractivity contribution in [2.75, 3.05) is 5.32 Å². The smallest absolute Gasteiger partial charge is 0.262 e. The van der Waals surface area contributed by atoms with Crippen molar-refractivity contribution in [1.82, 2.24) is 24.4 Å². The lowest BCUT2D eigenvalue weighted by Gasteiger charge is -2.10. The van der Waals surface area contributed by atoms with Gasteiger partial charge in [0.25, 0.3) is 11.5 Å². The minimum absolute atomic E-state index is 0.257. The van der Waals surface area contributed by atoms with Crippen LogP contribution in [0.25, 0.3) is 22.2 Å². The van der Waals surface area contributed by atoms with Crippen molar-refractivity contribution < 1.29 is 4.79 Å². The molecule has 0 fully saturated rings. The molecule has 0 unspecified atom stereocenters. The number of hydrogen-bond donors (Lipinski definition) is 2. The van der Waals surface area contributed by atoms with Gasteiger partial charge in [-0.1, -0.05) is 30.3 Å². The van der Waals surface area contributed by atoms with Crippen LogP contribution in [0.5, 0.6) is 0 Å². The van der Waals surface area contributed by atoms with Gasteiger partial charge in [0.1, 0.15) is 17.0 Å². The second-order valence-corrected chi connectivity index (χ2v) is 7.62. The van der Waals surface area contributed by atoms with Crippen LogP contribution in [0.3, 0.4) is 0 Å². The van der Waals surface area contributed by atoms with Gasteiger partial charge in [0, 0.05) is 5.56 Å². The Morgan fingerprint density at radius 1 is 1.03 bits per heavy atom. The number of amides is 1. The van der Waals surface area contributed by atoms with Gasteiger partial charge in [0.05, 0.1) is 28.5 Å². The fourth-order valence-corrected chi connectivity index (χ4v) is 4.29. The standard InChI is InChI=1S/C23H18N6O2/c30-22-16-9-4-5-12-19(16)29-21(26-22)17(13-24-29)23(31)25-20-15-10-6-11-18(15)27-28(20)14-7-2-1-3-8-14/h1-5,7-9,12-13H,6,10-11H2,(H,25,31)(H,26,30). The molecule has 1 aliphatic carbocycles. The summed E-state index contributed by atoms with van der Waals surface area (Å²) in [6.45, 7) is 0. The summed E-state index contributed by atoms with van der Waals surface area (Å²) in [6, 6.07) is 16.9. The van der Waals surface area contributed by atoms with Crippen molar-refractivity contribution >= 4 is 28.3 Å². The van der Waals surface area contributed by atoms with Crippen LogP contribution in [0.1, 0.15) is 28.0 Å².